The van der Waals surface area contributed by atoms with E-state index in [1.807, 2.05) is 38.1 Å². The summed E-state index contributed by atoms with van der Waals surface area (Å²) in [4.78, 5) is 0. The summed E-state index contributed by atoms with van der Waals surface area (Å²) in [6.07, 6.45) is -0.561. The lowest BCUT2D eigenvalue weighted by Gasteiger charge is -2.10. The van der Waals surface area contributed by atoms with E-state index >= 15 is 0 Å². The lowest BCUT2D eigenvalue weighted by molar-refractivity contribution is 0.0510. The SMILES string of the molecule is COC[C@@H](O)Cn1nc(-c2ccc(C)c(N)c2)cc1C. The van der Waals surface area contributed by atoms with Crippen LogP contribution >= 0.6 is 0 Å². The van der Waals surface area contributed by atoms with Crippen LogP contribution in [-0.2, 0) is 11.3 Å². The van der Waals surface area contributed by atoms with Crippen LogP contribution in [0.1, 0.15) is 11.3 Å². The number of nitrogens with two attached hydrogens (primary N) is 1. The number of methoxy groups -OCH3 is 1. The number of nitrogens with zero attached hydrogens (tertiary/aromatic N) is 2. The van der Waals surface area contributed by atoms with Crippen LogP contribution < -0.4 is 5.73 Å². The van der Waals surface area contributed by atoms with Gasteiger partial charge in [-0.05, 0) is 31.5 Å². The molecule has 0 saturated heterocycles. The second-order valence-corrected chi connectivity index (χ2v) is 5.03. The van der Waals surface area contributed by atoms with Gasteiger partial charge in [0.1, 0.15) is 0 Å². The molecular formula is C15H21N3O2. The van der Waals surface area contributed by atoms with Gasteiger partial charge < -0.3 is 15.6 Å². The molecule has 3 N–H and O–H groups in total. The van der Waals surface area contributed by atoms with Crippen LogP contribution in [0, 0.1) is 13.8 Å². The number of aliphatic hydroxyl groups is 1. The Morgan fingerprint density at radius 2 is 2.10 bits per heavy atom. The van der Waals surface area contributed by atoms with Gasteiger partial charge in [0.2, 0.25) is 0 Å². The van der Waals surface area contributed by atoms with Gasteiger partial charge in [-0.15, -0.1) is 0 Å². The minimum Gasteiger partial charge on any atom is -0.398 e. The molecule has 20 heavy (non-hydrogen) atoms. The number of rotatable bonds is 5. The first-order valence-electron chi connectivity index (χ1n) is 6.59. The van der Waals surface area contributed by atoms with Crippen molar-refractivity contribution in [2.75, 3.05) is 19.5 Å². The van der Waals surface area contributed by atoms with Crippen LogP contribution in [0.4, 0.5) is 5.69 Å². The first-order chi connectivity index (χ1) is 9.51. The lowest BCUT2D eigenvalue weighted by Crippen LogP contribution is -2.22. The van der Waals surface area contributed by atoms with Gasteiger partial charge in [0.25, 0.3) is 0 Å². The Balaban J connectivity index is 2.24. The highest BCUT2D eigenvalue weighted by Gasteiger charge is 2.11. The summed E-state index contributed by atoms with van der Waals surface area (Å²) in [6, 6.07) is 7.90. The van der Waals surface area contributed by atoms with Crippen molar-refractivity contribution in [2.24, 2.45) is 0 Å². The zero-order valence-corrected chi connectivity index (χ0v) is 12.1. The third-order valence-corrected chi connectivity index (χ3v) is 3.30. The van der Waals surface area contributed by atoms with E-state index in [-0.39, 0.29) is 0 Å². The fraction of sp³-hybridized carbons (Fsp3) is 0.400. The molecule has 0 radical (unpaired) electrons. The van der Waals surface area contributed by atoms with Crippen molar-refractivity contribution in [3.63, 3.8) is 0 Å². The Kier molecular flexibility index (Phi) is 4.42. The number of benzene rings is 1. The smallest absolute Gasteiger partial charge is 0.0968 e. The fourth-order valence-corrected chi connectivity index (χ4v) is 2.08. The molecule has 1 aromatic carbocycles. The predicted molar refractivity (Wildman–Crippen MR) is 79.4 cm³/mol. The maximum Gasteiger partial charge on any atom is 0.0968 e. The monoisotopic (exact) mass is 275 g/mol. The summed E-state index contributed by atoms with van der Waals surface area (Å²) in [5, 5.41) is 14.3. The highest BCUT2D eigenvalue weighted by Crippen LogP contribution is 2.23. The molecule has 0 aliphatic carbocycles. The van der Waals surface area contributed by atoms with Crippen LogP contribution in [0.15, 0.2) is 24.3 Å². The number of hydrogen-bond donors (Lipinski definition) is 2. The van der Waals surface area contributed by atoms with Crippen molar-refractivity contribution >= 4 is 5.69 Å². The van der Waals surface area contributed by atoms with Gasteiger partial charge in [0.15, 0.2) is 0 Å². The topological polar surface area (TPSA) is 73.3 Å². The van der Waals surface area contributed by atoms with Crippen molar-refractivity contribution < 1.29 is 9.84 Å². The largest absolute Gasteiger partial charge is 0.398 e. The number of nitrogen functional groups attached to an aromatic ring is 1. The quantitative estimate of drug-likeness (QED) is 0.815. The molecular weight excluding hydrogens is 254 g/mol. The summed E-state index contributed by atoms with van der Waals surface area (Å²) >= 11 is 0. The standard InChI is InChI=1S/C15H21N3O2/c1-10-4-5-12(7-14(10)16)15-6-11(2)18(17-15)8-13(19)9-20-3/h4-7,13,19H,8-9,16H2,1-3H3/t13-/m0/s1. The number of aromatic nitrogens is 2. The lowest BCUT2D eigenvalue weighted by atomic mass is 10.1. The van der Waals surface area contributed by atoms with Gasteiger partial charge in [-0.2, -0.15) is 5.10 Å². The molecule has 0 bridgehead atoms. The molecule has 0 saturated carbocycles. The van der Waals surface area contributed by atoms with Crippen LogP contribution in [0.5, 0.6) is 0 Å². The Morgan fingerprint density at radius 3 is 2.75 bits per heavy atom. The molecule has 2 rings (SSSR count). The summed E-state index contributed by atoms with van der Waals surface area (Å²) in [7, 11) is 1.57. The minimum atomic E-state index is -0.561. The second-order valence-electron chi connectivity index (χ2n) is 5.03. The molecule has 0 spiro atoms. The summed E-state index contributed by atoms with van der Waals surface area (Å²) in [5.41, 5.74) is 10.6. The Hall–Kier alpha value is -1.85. The van der Waals surface area contributed by atoms with E-state index in [1.54, 1.807) is 11.8 Å². The number of aliphatic hydroxyl groups excluding tert-OH is 1. The van der Waals surface area contributed by atoms with Crippen molar-refractivity contribution in [3.8, 4) is 11.3 Å². The summed E-state index contributed by atoms with van der Waals surface area (Å²) < 4.78 is 6.72. The third-order valence-electron chi connectivity index (χ3n) is 3.30. The number of aryl methyl sites for hydroxylation is 2. The van der Waals surface area contributed by atoms with E-state index in [1.165, 1.54) is 0 Å². The third kappa shape index (κ3) is 3.18. The van der Waals surface area contributed by atoms with E-state index in [9.17, 15) is 5.11 Å². The van der Waals surface area contributed by atoms with E-state index in [2.05, 4.69) is 5.10 Å². The number of ether oxygens (including phenoxy) is 1. The molecule has 2 aromatic rings. The zero-order valence-electron chi connectivity index (χ0n) is 12.1. The van der Waals surface area contributed by atoms with E-state index in [0.717, 1.165) is 28.2 Å². The maximum absolute atomic E-state index is 9.78. The Labute approximate surface area is 119 Å². The highest BCUT2D eigenvalue weighted by molar-refractivity contribution is 5.66. The Morgan fingerprint density at radius 1 is 1.35 bits per heavy atom. The zero-order chi connectivity index (χ0) is 14.7. The minimum absolute atomic E-state index is 0.298. The molecule has 0 aliphatic heterocycles. The first kappa shape index (κ1) is 14.6. The average Bonchev–Trinajstić information content (AvgIpc) is 2.74. The number of hydrogen-bond acceptors (Lipinski definition) is 4. The van der Waals surface area contributed by atoms with Gasteiger partial charge in [-0.1, -0.05) is 12.1 Å². The molecule has 5 heteroatoms. The molecule has 1 heterocycles. The number of anilines is 1. The van der Waals surface area contributed by atoms with Gasteiger partial charge in [-0.3, -0.25) is 4.68 Å². The Bertz CT molecular complexity index is 593. The van der Waals surface area contributed by atoms with Crippen LogP contribution in [0.3, 0.4) is 0 Å². The predicted octanol–water partition coefficient (Wildman–Crippen LogP) is 1.76. The molecule has 0 amide bonds. The highest BCUT2D eigenvalue weighted by atomic mass is 16.5. The molecule has 1 aromatic heterocycles. The van der Waals surface area contributed by atoms with Gasteiger partial charge in [-0.25, -0.2) is 0 Å². The molecule has 0 fully saturated rings. The van der Waals surface area contributed by atoms with Crippen LogP contribution in [0.25, 0.3) is 11.3 Å². The van der Waals surface area contributed by atoms with E-state index in [4.69, 9.17) is 10.5 Å². The van der Waals surface area contributed by atoms with Crippen molar-refractivity contribution in [1.82, 2.24) is 9.78 Å². The van der Waals surface area contributed by atoms with Crippen molar-refractivity contribution in [3.05, 3.63) is 35.5 Å². The van der Waals surface area contributed by atoms with Crippen LogP contribution in [-0.4, -0.2) is 34.7 Å². The maximum atomic E-state index is 9.78. The summed E-state index contributed by atoms with van der Waals surface area (Å²) in [6.45, 7) is 4.66. The molecule has 108 valence electrons. The second kappa shape index (κ2) is 6.07. The normalized spacial score (nSPS) is 12.6. The fourth-order valence-electron chi connectivity index (χ4n) is 2.08. The molecule has 0 aliphatic rings. The first-order valence-corrected chi connectivity index (χ1v) is 6.59. The van der Waals surface area contributed by atoms with Gasteiger partial charge >= 0.3 is 0 Å². The van der Waals surface area contributed by atoms with Gasteiger partial charge in [0.05, 0.1) is 24.9 Å². The van der Waals surface area contributed by atoms with E-state index < -0.39 is 6.10 Å². The van der Waals surface area contributed by atoms with Gasteiger partial charge in [0, 0.05) is 24.1 Å². The molecule has 1 atom stereocenters. The van der Waals surface area contributed by atoms with E-state index in [0.29, 0.717) is 13.2 Å². The molecule has 5 nitrogen and oxygen atoms in total. The molecule has 0 unspecified atom stereocenters. The van der Waals surface area contributed by atoms with Crippen molar-refractivity contribution in [1.29, 1.82) is 0 Å². The summed E-state index contributed by atoms with van der Waals surface area (Å²) in [5.74, 6) is 0. The van der Waals surface area contributed by atoms with Crippen molar-refractivity contribution in [2.45, 2.75) is 26.5 Å². The van der Waals surface area contributed by atoms with Crippen LogP contribution in [0.2, 0.25) is 0 Å². The average molecular weight is 275 g/mol.